The van der Waals surface area contributed by atoms with Crippen LogP contribution in [0.5, 0.6) is 0 Å². The van der Waals surface area contributed by atoms with Crippen molar-refractivity contribution >= 4 is 11.6 Å². The lowest BCUT2D eigenvalue weighted by Gasteiger charge is -2.07. The number of nitrogens with two attached hydrogens (primary N) is 1. The summed E-state index contributed by atoms with van der Waals surface area (Å²) in [5.74, 6) is 0.529. The summed E-state index contributed by atoms with van der Waals surface area (Å²) in [6.45, 7) is 2.16. The summed E-state index contributed by atoms with van der Waals surface area (Å²) >= 11 is 0. The van der Waals surface area contributed by atoms with Crippen molar-refractivity contribution in [2.75, 3.05) is 6.54 Å². The Morgan fingerprint density at radius 3 is 3.12 bits per heavy atom. The maximum absolute atomic E-state index is 11.7. The number of H-pyrrole nitrogens is 1. The Morgan fingerprint density at radius 2 is 2.53 bits per heavy atom. The largest absolute Gasteiger partial charge is 0.342 e. The number of carbonyl (C=O) groups is 1. The summed E-state index contributed by atoms with van der Waals surface area (Å²) in [7, 11) is 0. The van der Waals surface area contributed by atoms with E-state index in [1.165, 1.54) is 6.20 Å². The van der Waals surface area contributed by atoms with E-state index in [4.69, 9.17) is 10.9 Å². The van der Waals surface area contributed by atoms with Crippen LogP contribution < -0.4 is 11.2 Å². The van der Waals surface area contributed by atoms with Crippen LogP contribution in [0.25, 0.3) is 0 Å². The Hall–Kier alpha value is -1.73. The van der Waals surface area contributed by atoms with Crippen LogP contribution in [-0.4, -0.2) is 39.4 Å². The van der Waals surface area contributed by atoms with Crippen LogP contribution >= 0.6 is 0 Å². The molecule has 1 atom stereocenters. The number of hydroxylamine groups is 1. The van der Waals surface area contributed by atoms with E-state index in [1.54, 1.807) is 13.1 Å². The van der Waals surface area contributed by atoms with Gasteiger partial charge in [-0.2, -0.15) is 0 Å². The predicted molar refractivity (Wildman–Crippen MR) is 63.0 cm³/mol. The molecule has 0 spiro atoms. The van der Waals surface area contributed by atoms with E-state index in [-0.39, 0.29) is 11.6 Å². The van der Waals surface area contributed by atoms with Crippen molar-refractivity contribution in [1.82, 2.24) is 15.4 Å². The fourth-order valence-corrected chi connectivity index (χ4v) is 1.30. The molecule has 0 fully saturated rings. The zero-order valence-corrected chi connectivity index (χ0v) is 9.68. The second kappa shape index (κ2) is 6.77. The average molecular weight is 239 g/mol. The van der Waals surface area contributed by atoms with Crippen LogP contribution in [0.15, 0.2) is 17.4 Å². The number of aromatic nitrogens is 2. The van der Waals surface area contributed by atoms with Crippen LogP contribution in [0.4, 0.5) is 0 Å². The molecule has 17 heavy (non-hydrogen) atoms. The van der Waals surface area contributed by atoms with Gasteiger partial charge in [-0.3, -0.25) is 20.5 Å². The number of rotatable bonds is 6. The standard InChI is InChI=1S/C10H17N5O2/c1-7(15-17)12-4-2-3-8(11)9(16)10-13-5-6-14-10/h5-6,8,17H,2-4,11H2,1H3,(H,12,15)(H,13,14). The Balaban J connectivity index is 2.30. The van der Waals surface area contributed by atoms with Gasteiger partial charge in [0.2, 0.25) is 5.78 Å². The first-order valence-corrected chi connectivity index (χ1v) is 5.35. The monoisotopic (exact) mass is 239 g/mol. The highest BCUT2D eigenvalue weighted by atomic mass is 16.5. The van der Waals surface area contributed by atoms with E-state index in [9.17, 15) is 4.79 Å². The number of imidazole rings is 1. The van der Waals surface area contributed by atoms with Gasteiger partial charge in [-0.1, -0.05) is 0 Å². The van der Waals surface area contributed by atoms with Gasteiger partial charge in [0.05, 0.1) is 6.04 Å². The SMILES string of the molecule is CC(=NCCCC(N)C(=O)c1ncc[nH]1)NO. The van der Waals surface area contributed by atoms with Gasteiger partial charge < -0.3 is 10.7 Å². The fraction of sp³-hybridized carbons (Fsp3) is 0.500. The van der Waals surface area contributed by atoms with Crippen LogP contribution in [0.2, 0.25) is 0 Å². The lowest BCUT2D eigenvalue weighted by Crippen LogP contribution is -2.31. The summed E-state index contributed by atoms with van der Waals surface area (Å²) in [5, 5.41) is 8.48. The van der Waals surface area contributed by atoms with Gasteiger partial charge in [-0.25, -0.2) is 4.98 Å². The van der Waals surface area contributed by atoms with Gasteiger partial charge in [0.1, 0.15) is 5.84 Å². The van der Waals surface area contributed by atoms with Gasteiger partial charge >= 0.3 is 0 Å². The number of ketones is 1. The summed E-state index contributed by atoms with van der Waals surface area (Å²) in [5.41, 5.74) is 7.67. The quantitative estimate of drug-likeness (QED) is 0.185. The molecule has 7 nitrogen and oxygen atoms in total. The molecular weight excluding hydrogens is 222 g/mol. The highest BCUT2D eigenvalue weighted by Crippen LogP contribution is 2.02. The highest BCUT2D eigenvalue weighted by Gasteiger charge is 2.16. The fourth-order valence-electron chi connectivity index (χ4n) is 1.30. The van der Waals surface area contributed by atoms with Crippen molar-refractivity contribution in [3.63, 3.8) is 0 Å². The molecule has 7 heteroatoms. The number of Topliss-reactive ketones (excluding diaryl/α,β-unsaturated/α-hetero) is 1. The Labute approximate surface area is 99.1 Å². The van der Waals surface area contributed by atoms with E-state index >= 15 is 0 Å². The lowest BCUT2D eigenvalue weighted by molar-refractivity contribution is 0.0947. The van der Waals surface area contributed by atoms with Crippen molar-refractivity contribution < 1.29 is 10.0 Å². The van der Waals surface area contributed by atoms with Crippen molar-refractivity contribution in [3.05, 3.63) is 18.2 Å². The summed E-state index contributed by atoms with van der Waals surface area (Å²) in [4.78, 5) is 22.3. The smallest absolute Gasteiger partial charge is 0.214 e. The predicted octanol–water partition coefficient (Wildman–Crippen LogP) is 0.0971. The minimum absolute atomic E-state index is 0.198. The molecule has 0 saturated carbocycles. The molecule has 1 heterocycles. The highest BCUT2D eigenvalue weighted by molar-refractivity contribution is 5.96. The molecule has 5 N–H and O–H groups in total. The zero-order valence-electron chi connectivity index (χ0n) is 9.68. The molecule has 1 rings (SSSR count). The first-order valence-electron chi connectivity index (χ1n) is 5.35. The minimum Gasteiger partial charge on any atom is -0.342 e. The molecular formula is C10H17N5O2. The third-order valence-electron chi connectivity index (χ3n) is 2.25. The van der Waals surface area contributed by atoms with E-state index < -0.39 is 6.04 Å². The van der Waals surface area contributed by atoms with Crippen LogP contribution in [0.3, 0.4) is 0 Å². The first-order chi connectivity index (χ1) is 8.15. The normalized spacial score (nSPS) is 13.5. The lowest BCUT2D eigenvalue weighted by atomic mass is 10.1. The van der Waals surface area contributed by atoms with E-state index in [2.05, 4.69) is 15.0 Å². The summed E-state index contributed by atoms with van der Waals surface area (Å²) in [6.07, 6.45) is 4.30. The van der Waals surface area contributed by atoms with Gasteiger partial charge in [-0.15, -0.1) is 0 Å². The van der Waals surface area contributed by atoms with Gasteiger partial charge in [0.25, 0.3) is 0 Å². The topological polar surface area (TPSA) is 116 Å². The van der Waals surface area contributed by atoms with Gasteiger partial charge in [-0.05, 0) is 19.8 Å². The maximum Gasteiger partial charge on any atom is 0.214 e. The number of nitrogens with one attached hydrogen (secondary N) is 2. The molecule has 1 aromatic heterocycles. The average Bonchev–Trinajstić information content (AvgIpc) is 2.86. The summed E-state index contributed by atoms with van der Waals surface area (Å²) < 4.78 is 0. The Morgan fingerprint density at radius 1 is 1.76 bits per heavy atom. The number of amidine groups is 1. The van der Waals surface area contributed by atoms with Gasteiger partial charge in [0.15, 0.2) is 5.82 Å². The Kier molecular flexibility index (Phi) is 5.31. The molecule has 94 valence electrons. The molecule has 0 amide bonds. The zero-order chi connectivity index (χ0) is 12.7. The maximum atomic E-state index is 11.7. The van der Waals surface area contributed by atoms with Crippen molar-refractivity contribution in [1.29, 1.82) is 0 Å². The van der Waals surface area contributed by atoms with Crippen molar-refractivity contribution in [2.45, 2.75) is 25.8 Å². The van der Waals surface area contributed by atoms with E-state index in [0.29, 0.717) is 25.2 Å². The van der Waals surface area contributed by atoms with Crippen LogP contribution in [-0.2, 0) is 0 Å². The minimum atomic E-state index is -0.571. The molecule has 0 aliphatic heterocycles. The van der Waals surface area contributed by atoms with Crippen molar-refractivity contribution in [3.8, 4) is 0 Å². The molecule has 0 bridgehead atoms. The first kappa shape index (κ1) is 13.3. The van der Waals surface area contributed by atoms with E-state index in [0.717, 1.165) is 0 Å². The van der Waals surface area contributed by atoms with E-state index in [1.807, 2.05) is 5.48 Å². The number of hydrogen-bond donors (Lipinski definition) is 4. The van der Waals surface area contributed by atoms with Crippen molar-refractivity contribution in [2.24, 2.45) is 10.7 Å². The Bertz CT molecular complexity index is 374. The number of nitrogens with zero attached hydrogens (tertiary/aromatic N) is 2. The van der Waals surface area contributed by atoms with Crippen LogP contribution in [0, 0.1) is 0 Å². The molecule has 0 radical (unpaired) electrons. The number of hydrogen-bond acceptors (Lipinski definition) is 5. The van der Waals surface area contributed by atoms with Crippen LogP contribution in [0.1, 0.15) is 30.4 Å². The third-order valence-corrected chi connectivity index (χ3v) is 2.25. The second-order valence-corrected chi connectivity index (χ2v) is 3.63. The molecule has 0 aliphatic rings. The molecule has 1 aromatic rings. The molecule has 0 aliphatic carbocycles. The molecule has 1 unspecified atom stereocenters. The third kappa shape index (κ3) is 4.33. The summed E-state index contributed by atoms with van der Waals surface area (Å²) in [6, 6.07) is -0.571. The number of aromatic amines is 1. The number of aliphatic imine (C=N–C) groups is 1. The second-order valence-electron chi connectivity index (χ2n) is 3.63. The number of carbonyl (C=O) groups excluding carboxylic acids is 1. The molecule has 0 aromatic carbocycles. The molecule has 0 saturated heterocycles. The van der Waals surface area contributed by atoms with Gasteiger partial charge in [0, 0.05) is 18.9 Å².